The number of amides is 2. The Balaban J connectivity index is 1.62. The monoisotopic (exact) mass is 344 g/mol. The van der Waals surface area contributed by atoms with Gasteiger partial charge in [-0.15, -0.1) is 0 Å². The van der Waals surface area contributed by atoms with E-state index in [9.17, 15) is 4.79 Å². The predicted octanol–water partition coefficient (Wildman–Crippen LogP) is 3.51. The Bertz CT molecular complexity index is 704. The van der Waals surface area contributed by atoms with Gasteiger partial charge in [0.2, 0.25) is 0 Å². The van der Waals surface area contributed by atoms with Crippen LogP contribution < -0.4 is 15.5 Å². The van der Waals surface area contributed by atoms with Gasteiger partial charge in [0, 0.05) is 43.8 Å². The second-order valence-electron chi connectivity index (χ2n) is 5.90. The molecule has 0 saturated carbocycles. The van der Waals surface area contributed by atoms with Crippen molar-refractivity contribution in [3.63, 3.8) is 0 Å². The van der Waals surface area contributed by atoms with Crippen molar-refractivity contribution < 1.29 is 4.79 Å². The number of halogens is 1. The van der Waals surface area contributed by atoms with Crippen LogP contribution in [0.5, 0.6) is 0 Å². The second kappa shape index (κ2) is 7.64. The fourth-order valence-electron chi connectivity index (χ4n) is 2.75. The molecule has 1 aromatic carbocycles. The number of hydrogen-bond acceptors (Lipinski definition) is 3. The summed E-state index contributed by atoms with van der Waals surface area (Å²) < 4.78 is 0. The topological polar surface area (TPSA) is 57.3 Å². The van der Waals surface area contributed by atoms with Crippen molar-refractivity contribution in [3.05, 3.63) is 58.9 Å². The normalized spacial score (nSPS) is 15.9. The summed E-state index contributed by atoms with van der Waals surface area (Å²) in [6, 6.07) is 10.2. The molecule has 2 N–H and O–H groups in total. The van der Waals surface area contributed by atoms with Crippen molar-refractivity contribution in [1.82, 2.24) is 15.6 Å². The highest BCUT2D eigenvalue weighted by Gasteiger charge is 2.19. The highest BCUT2D eigenvalue weighted by molar-refractivity contribution is 6.31. The number of nitrogens with zero attached hydrogens (tertiary/aromatic N) is 2. The second-order valence-corrected chi connectivity index (χ2v) is 6.31. The van der Waals surface area contributed by atoms with Crippen molar-refractivity contribution in [2.24, 2.45) is 0 Å². The largest absolute Gasteiger partial charge is 0.338 e. The summed E-state index contributed by atoms with van der Waals surface area (Å²) in [6.07, 6.45) is 4.37. The third kappa shape index (κ3) is 3.86. The summed E-state index contributed by atoms with van der Waals surface area (Å²) in [5.74, 6) is 0. The summed E-state index contributed by atoms with van der Waals surface area (Å²) in [4.78, 5) is 17.7. The Morgan fingerprint density at radius 3 is 2.83 bits per heavy atom. The van der Waals surface area contributed by atoms with Gasteiger partial charge in [0.25, 0.3) is 0 Å². The van der Waals surface area contributed by atoms with Gasteiger partial charge in [0.1, 0.15) is 0 Å². The van der Waals surface area contributed by atoms with E-state index >= 15 is 0 Å². The molecule has 24 heavy (non-hydrogen) atoms. The zero-order valence-corrected chi connectivity index (χ0v) is 14.4. The first-order chi connectivity index (χ1) is 11.6. The Hall–Kier alpha value is -2.11. The number of benzene rings is 1. The quantitative estimate of drug-likeness (QED) is 0.872. The smallest absolute Gasteiger partial charge is 0.321 e. The molecule has 0 bridgehead atoms. The van der Waals surface area contributed by atoms with Gasteiger partial charge in [-0.1, -0.05) is 23.7 Å². The van der Waals surface area contributed by atoms with Gasteiger partial charge >= 0.3 is 6.03 Å². The van der Waals surface area contributed by atoms with E-state index in [1.807, 2.05) is 18.2 Å². The maximum atomic E-state index is 11.9. The van der Waals surface area contributed by atoms with E-state index < -0.39 is 0 Å². The van der Waals surface area contributed by atoms with Crippen LogP contribution >= 0.6 is 11.6 Å². The minimum atomic E-state index is -0.0208. The first-order valence-corrected chi connectivity index (χ1v) is 8.50. The molecule has 0 aliphatic carbocycles. The summed E-state index contributed by atoms with van der Waals surface area (Å²) in [7, 11) is 0. The van der Waals surface area contributed by atoms with Crippen molar-refractivity contribution in [2.75, 3.05) is 18.0 Å². The Kier molecular flexibility index (Phi) is 5.33. The van der Waals surface area contributed by atoms with E-state index in [1.54, 1.807) is 17.3 Å². The lowest BCUT2D eigenvalue weighted by Gasteiger charge is -2.27. The molecule has 0 spiro atoms. The minimum Gasteiger partial charge on any atom is -0.338 e. The van der Waals surface area contributed by atoms with E-state index in [0.717, 1.165) is 30.8 Å². The Morgan fingerprint density at radius 1 is 1.33 bits per heavy atom. The number of anilines is 1. The third-order valence-corrected chi connectivity index (χ3v) is 4.58. The predicted molar refractivity (Wildman–Crippen MR) is 96.3 cm³/mol. The van der Waals surface area contributed by atoms with Crippen LogP contribution in [0.15, 0.2) is 42.7 Å². The number of hydrogen-bond donors (Lipinski definition) is 2. The molecule has 1 saturated heterocycles. The lowest BCUT2D eigenvalue weighted by molar-refractivity contribution is 0.243. The molecule has 1 fully saturated rings. The van der Waals surface area contributed by atoms with Crippen LogP contribution in [-0.2, 0) is 6.54 Å². The van der Waals surface area contributed by atoms with Crippen LogP contribution in [0.1, 0.15) is 30.5 Å². The highest BCUT2D eigenvalue weighted by atomic mass is 35.5. The van der Waals surface area contributed by atoms with Crippen LogP contribution in [0, 0.1) is 0 Å². The number of nitrogens with one attached hydrogen (secondary N) is 2. The first-order valence-electron chi connectivity index (χ1n) is 8.12. The molecule has 1 aliphatic rings. The fraction of sp³-hybridized carbons (Fsp3) is 0.333. The maximum Gasteiger partial charge on any atom is 0.321 e. The lowest BCUT2D eigenvalue weighted by Crippen LogP contribution is -2.46. The van der Waals surface area contributed by atoms with Crippen molar-refractivity contribution >= 4 is 23.3 Å². The summed E-state index contributed by atoms with van der Waals surface area (Å²) in [5, 5.41) is 7.00. The maximum absolute atomic E-state index is 11.9. The van der Waals surface area contributed by atoms with Crippen molar-refractivity contribution in [2.45, 2.75) is 25.9 Å². The number of rotatable bonds is 5. The van der Waals surface area contributed by atoms with E-state index in [0.29, 0.717) is 11.6 Å². The first kappa shape index (κ1) is 16.7. The zero-order chi connectivity index (χ0) is 16.9. The highest BCUT2D eigenvalue weighted by Crippen LogP contribution is 2.21. The third-order valence-electron chi connectivity index (χ3n) is 4.24. The van der Waals surface area contributed by atoms with E-state index in [1.165, 1.54) is 5.56 Å². The molecule has 3 rings (SSSR count). The molecular formula is C18H21ClN4O. The molecule has 0 radical (unpaired) electrons. The molecule has 2 heterocycles. The molecule has 1 unspecified atom stereocenters. The fourth-order valence-corrected chi connectivity index (χ4v) is 2.93. The van der Waals surface area contributed by atoms with Crippen LogP contribution in [0.25, 0.3) is 0 Å². The van der Waals surface area contributed by atoms with Crippen LogP contribution in [0.4, 0.5) is 10.5 Å². The average Bonchev–Trinajstić information content (AvgIpc) is 2.61. The standard InChI is InChI=1S/C18H21ClN4O/c1-13(22-11-15-7-9-20-12-17(15)19)14-3-5-16(6-4-14)23-10-2-8-21-18(23)24/h3-7,9,12-13,22H,2,8,10-11H2,1H3,(H,21,24). The number of urea groups is 1. The zero-order valence-electron chi connectivity index (χ0n) is 13.6. The van der Waals surface area contributed by atoms with Crippen LogP contribution in [0.3, 0.4) is 0 Å². The van der Waals surface area contributed by atoms with Gasteiger partial charge in [-0.2, -0.15) is 0 Å². The van der Waals surface area contributed by atoms with Gasteiger partial charge in [0.05, 0.1) is 5.02 Å². The Labute approximate surface area is 147 Å². The van der Waals surface area contributed by atoms with Crippen molar-refractivity contribution in [3.8, 4) is 0 Å². The molecule has 1 aromatic heterocycles. The van der Waals surface area contributed by atoms with E-state index in [-0.39, 0.29) is 12.1 Å². The number of carbonyl (C=O) groups is 1. The van der Waals surface area contributed by atoms with Gasteiger partial charge in [-0.05, 0) is 42.7 Å². The molecule has 2 amide bonds. The number of pyridine rings is 1. The average molecular weight is 345 g/mol. The summed E-state index contributed by atoms with van der Waals surface area (Å²) in [6.45, 7) is 4.31. The van der Waals surface area contributed by atoms with Crippen LogP contribution in [0.2, 0.25) is 5.02 Å². The SMILES string of the molecule is CC(NCc1ccncc1Cl)c1ccc(N2CCCNC2=O)cc1. The lowest BCUT2D eigenvalue weighted by atomic mass is 10.1. The minimum absolute atomic E-state index is 0.0208. The Morgan fingerprint density at radius 2 is 2.12 bits per heavy atom. The van der Waals surface area contributed by atoms with Gasteiger partial charge in [0.15, 0.2) is 0 Å². The summed E-state index contributed by atoms with van der Waals surface area (Å²) >= 11 is 6.13. The molecule has 5 nitrogen and oxygen atoms in total. The molecule has 126 valence electrons. The molecule has 6 heteroatoms. The summed E-state index contributed by atoms with van der Waals surface area (Å²) in [5.41, 5.74) is 3.13. The van der Waals surface area contributed by atoms with Gasteiger partial charge < -0.3 is 10.6 Å². The molecule has 2 aromatic rings. The molecular weight excluding hydrogens is 324 g/mol. The molecule has 1 aliphatic heterocycles. The van der Waals surface area contributed by atoms with E-state index in [4.69, 9.17) is 11.6 Å². The van der Waals surface area contributed by atoms with Crippen LogP contribution in [-0.4, -0.2) is 24.1 Å². The molecule has 1 atom stereocenters. The number of carbonyl (C=O) groups excluding carboxylic acids is 1. The van der Waals surface area contributed by atoms with Gasteiger partial charge in [-0.25, -0.2) is 4.79 Å². The van der Waals surface area contributed by atoms with Crippen molar-refractivity contribution in [1.29, 1.82) is 0 Å². The van der Waals surface area contributed by atoms with Gasteiger partial charge in [-0.3, -0.25) is 9.88 Å². The van der Waals surface area contributed by atoms with E-state index in [2.05, 4.69) is 34.7 Å². The number of aromatic nitrogens is 1.